The molecule has 0 aliphatic carbocycles. The summed E-state index contributed by atoms with van der Waals surface area (Å²) in [6.45, 7) is 4.21. The molecule has 0 unspecified atom stereocenters. The molecule has 2 aromatic rings. The third-order valence-electron chi connectivity index (χ3n) is 2.33. The van der Waals surface area contributed by atoms with Crippen molar-refractivity contribution in [2.75, 3.05) is 12.3 Å². The van der Waals surface area contributed by atoms with Crippen molar-refractivity contribution in [2.45, 2.75) is 29.5 Å². The van der Waals surface area contributed by atoms with Crippen LogP contribution in [0, 0.1) is 5.82 Å². The lowest BCUT2D eigenvalue weighted by Crippen LogP contribution is -1.97. The molecule has 0 bridgehead atoms. The molecule has 4 nitrogen and oxygen atoms in total. The molecule has 1 heterocycles. The van der Waals surface area contributed by atoms with Crippen LogP contribution in [0.25, 0.3) is 0 Å². The van der Waals surface area contributed by atoms with Crippen molar-refractivity contribution in [1.82, 2.24) is 9.36 Å². The second kappa shape index (κ2) is 6.21. The van der Waals surface area contributed by atoms with Gasteiger partial charge in [-0.2, -0.15) is 4.37 Å². The molecule has 0 saturated heterocycles. The second-order valence-electron chi connectivity index (χ2n) is 3.69. The monoisotopic (exact) mass is 299 g/mol. The molecule has 0 amide bonds. The number of nitrogens with two attached hydrogens (primary N) is 1. The minimum Gasteiger partial charge on any atom is -0.491 e. The van der Waals surface area contributed by atoms with Gasteiger partial charge in [-0.15, -0.1) is 0 Å². The maximum Gasteiger partial charge on any atom is 0.174 e. The summed E-state index contributed by atoms with van der Waals surface area (Å²) < 4.78 is 23.8. The predicted molar refractivity (Wildman–Crippen MR) is 75.4 cm³/mol. The minimum atomic E-state index is -0.449. The molecular formula is C12H14FN3OS2. The molecule has 0 aliphatic heterocycles. The highest BCUT2D eigenvalue weighted by Gasteiger charge is 2.12. The highest BCUT2D eigenvalue weighted by molar-refractivity contribution is 8.01. The van der Waals surface area contributed by atoms with Crippen molar-refractivity contribution in [2.24, 2.45) is 0 Å². The number of aromatic nitrogens is 2. The lowest BCUT2D eigenvalue weighted by Gasteiger charge is -2.08. The van der Waals surface area contributed by atoms with Gasteiger partial charge in [-0.1, -0.05) is 18.7 Å². The first-order chi connectivity index (χ1) is 9.13. The van der Waals surface area contributed by atoms with Crippen LogP contribution in [0.2, 0.25) is 0 Å². The normalized spacial score (nSPS) is 10.7. The summed E-state index contributed by atoms with van der Waals surface area (Å²) >= 11 is 2.69. The van der Waals surface area contributed by atoms with Gasteiger partial charge in [-0.05, 0) is 24.5 Å². The molecule has 102 valence electrons. The Morgan fingerprint density at radius 2 is 2.21 bits per heavy atom. The maximum absolute atomic E-state index is 13.6. The summed E-state index contributed by atoms with van der Waals surface area (Å²) in [4.78, 5) is 5.07. The van der Waals surface area contributed by atoms with E-state index in [0.717, 1.165) is 21.5 Å². The van der Waals surface area contributed by atoms with Gasteiger partial charge in [0.2, 0.25) is 0 Å². The molecule has 0 fully saturated rings. The molecule has 1 aromatic heterocycles. The van der Waals surface area contributed by atoms with E-state index in [9.17, 15) is 4.39 Å². The average molecular weight is 299 g/mol. The fraction of sp³-hybridized carbons (Fsp3) is 0.333. The maximum atomic E-state index is 13.6. The number of nitrogen functional groups attached to an aromatic ring is 1. The molecule has 0 atom stereocenters. The zero-order valence-corrected chi connectivity index (χ0v) is 12.3. The van der Waals surface area contributed by atoms with Crippen LogP contribution in [-0.4, -0.2) is 16.0 Å². The first kappa shape index (κ1) is 14.1. The zero-order chi connectivity index (χ0) is 13.8. The number of rotatable bonds is 5. The average Bonchev–Trinajstić information content (AvgIpc) is 2.83. The molecular weight excluding hydrogens is 285 g/mol. The fourth-order valence-corrected chi connectivity index (χ4v) is 3.13. The van der Waals surface area contributed by atoms with Gasteiger partial charge in [-0.3, -0.25) is 0 Å². The summed E-state index contributed by atoms with van der Waals surface area (Å²) in [6, 6.07) is 2.88. The van der Waals surface area contributed by atoms with E-state index < -0.39 is 5.82 Å². The van der Waals surface area contributed by atoms with Gasteiger partial charge < -0.3 is 10.5 Å². The Morgan fingerprint density at radius 3 is 2.84 bits per heavy atom. The Hall–Kier alpha value is -1.34. The van der Waals surface area contributed by atoms with Crippen molar-refractivity contribution < 1.29 is 9.13 Å². The van der Waals surface area contributed by atoms with Gasteiger partial charge in [-0.25, -0.2) is 9.37 Å². The number of halogens is 1. The Kier molecular flexibility index (Phi) is 4.60. The molecule has 0 radical (unpaired) electrons. The summed E-state index contributed by atoms with van der Waals surface area (Å²) in [5, 5.41) is 0. The Labute approximate surface area is 119 Å². The second-order valence-corrected chi connectivity index (χ2v) is 5.73. The number of benzene rings is 1. The Morgan fingerprint density at radius 1 is 1.42 bits per heavy atom. The van der Waals surface area contributed by atoms with Crippen LogP contribution in [0.15, 0.2) is 21.4 Å². The number of aryl methyl sites for hydroxylation is 1. The SMILES string of the molecule is CCOc1cc(Sc2nc(CC)ns2)c(N)cc1F. The van der Waals surface area contributed by atoms with E-state index in [-0.39, 0.29) is 5.75 Å². The highest BCUT2D eigenvalue weighted by Crippen LogP contribution is 2.36. The molecule has 0 saturated carbocycles. The van der Waals surface area contributed by atoms with Crippen LogP contribution in [-0.2, 0) is 6.42 Å². The largest absolute Gasteiger partial charge is 0.491 e. The first-order valence-electron chi connectivity index (χ1n) is 5.86. The summed E-state index contributed by atoms with van der Waals surface area (Å²) in [7, 11) is 0. The molecule has 0 spiro atoms. The van der Waals surface area contributed by atoms with Crippen molar-refractivity contribution in [3.05, 3.63) is 23.8 Å². The predicted octanol–water partition coefficient (Wildman–Crippen LogP) is 3.37. The van der Waals surface area contributed by atoms with E-state index in [0.29, 0.717) is 12.3 Å². The zero-order valence-electron chi connectivity index (χ0n) is 10.6. The fourth-order valence-electron chi connectivity index (χ4n) is 1.42. The first-order valence-corrected chi connectivity index (χ1v) is 7.45. The van der Waals surface area contributed by atoms with Gasteiger partial charge in [0.1, 0.15) is 5.82 Å². The third kappa shape index (κ3) is 3.36. The van der Waals surface area contributed by atoms with Crippen LogP contribution < -0.4 is 10.5 Å². The van der Waals surface area contributed by atoms with E-state index in [1.54, 1.807) is 13.0 Å². The van der Waals surface area contributed by atoms with Gasteiger partial charge in [0, 0.05) is 23.1 Å². The quantitative estimate of drug-likeness (QED) is 0.858. The van der Waals surface area contributed by atoms with Crippen molar-refractivity contribution in [3.63, 3.8) is 0 Å². The van der Waals surface area contributed by atoms with E-state index in [1.165, 1.54) is 29.4 Å². The summed E-state index contributed by atoms with van der Waals surface area (Å²) in [6.07, 6.45) is 0.792. The molecule has 7 heteroatoms. The smallest absolute Gasteiger partial charge is 0.174 e. The van der Waals surface area contributed by atoms with E-state index in [1.807, 2.05) is 6.92 Å². The number of hydrogen-bond donors (Lipinski definition) is 1. The summed E-state index contributed by atoms with van der Waals surface area (Å²) in [5.74, 6) is 0.563. The Bertz CT molecular complexity index is 574. The topological polar surface area (TPSA) is 61.0 Å². The van der Waals surface area contributed by atoms with E-state index in [2.05, 4.69) is 9.36 Å². The van der Waals surface area contributed by atoms with Gasteiger partial charge in [0.25, 0.3) is 0 Å². The minimum absolute atomic E-state index is 0.208. The molecule has 2 N–H and O–H groups in total. The van der Waals surface area contributed by atoms with Crippen LogP contribution in [0.4, 0.5) is 10.1 Å². The number of anilines is 1. The summed E-state index contributed by atoms with van der Waals surface area (Å²) in [5.41, 5.74) is 6.19. The van der Waals surface area contributed by atoms with Crippen LogP contribution >= 0.6 is 23.3 Å². The van der Waals surface area contributed by atoms with Gasteiger partial charge in [0.05, 0.1) is 6.61 Å². The Balaban J connectivity index is 2.26. The van der Waals surface area contributed by atoms with Crippen LogP contribution in [0.5, 0.6) is 5.75 Å². The van der Waals surface area contributed by atoms with Crippen LogP contribution in [0.1, 0.15) is 19.7 Å². The van der Waals surface area contributed by atoms with E-state index >= 15 is 0 Å². The lowest BCUT2D eigenvalue weighted by atomic mass is 10.3. The highest BCUT2D eigenvalue weighted by atomic mass is 32.2. The van der Waals surface area contributed by atoms with Crippen molar-refractivity contribution >= 4 is 29.0 Å². The van der Waals surface area contributed by atoms with Gasteiger partial charge >= 0.3 is 0 Å². The van der Waals surface area contributed by atoms with Gasteiger partial charge in [0.15, 0.2) is 15.9 Å². The van der Waals surface area contributed by atoms with E-state index in [4.69, 9.17) is 10.5 Å². The lowest BCUT2D eigenvalue weighted by molar-refractivity contribution is 0.321. The number of ether oxygens (including phenoxy) is 1. The van der Waals surface area contributed by atoms with Crippen molar-refractivity contribution in [3.8, 4) is 5.75 Å². The van der Waals surface area contributed by atoms with Crippen molar-refractivity contribution in [1.29, 1.82) is 0 Å². The van der Waals surface area contributed by atoms with Crippen LogP contribution in [0.3, 0.4) is 0 Å². The molecule has 19 heavy (non-hydrogen) atoms. The standard InChI is InChI=1S/C12H14FN3OS2/c1-3-11-15-12(19-16-11)18-10-6-9(17-4-2)7(13)5-8(10)14/h5-6H,3-4,14H2,1-2H3. The third-order valence-corrected chi connectivity index (χ3v) is 4.19. The number of hydrogen-bond acceptors (Lipinski definition) is 6. The molecule has 1 aromatic carbocycles. The molecule has 0 aliphatic rings. The number of nitrogens with zero attached hydrogens (tertiary/aromatic N) is 2. The molecule has 2 rings (SSSR count).